The van der Waals surface area contributed by atoms with Crippen molar-refractivity contribution >= 4 is 5.78 Å². The van der Waals surface area contributed by atoms with E-state index in [1.807, 2.05) is 67.2 Å². The number of hydroxylamine groups is 2. The van der Waals surface area contributed by atoms with Gasteiger partial charge in [0.1, 0.15) is 11.9 Å². The summed E-state index contributed by atoms with van der Waals surface area (Å²) in [5.74, 6) is -0.659. The minimum Gasteiger partial charge on any atom is -0.383 e. The van der Waals surface area contributed by atoms with Crippen molar-refractivity contribution in [3.8, 4) is 16.9 Å². The van der Waals surface area contributed by atoms with Crippen LogP contribution in [-0.2, 0) is 20.8 Å². The molecule has 0 bridgehead atoms. The van der Waals surface area contributed by atoms with E-state index in [2.05, 4.69) is 9.97 Å². The van der Waals surface area contributed by atoms with Gasteiger partial charge in [-0.05, 0) is 61.4 Å². The molecule has 0 radical (unpaired) electrons. The van der Waals surface area contributed by atoms with E-state index in [4.69, 9.17) is 14.7 Å². The van der Waals surface area contributed by atoms with Crippen LogP contribution in [-0.4, -0.2) is 57.4 Å². The minimum atomic E-state index is -0.572. The van der Waals surface area contributed by atoms with Crippen molar-refractivity contribution in [2.75, 3.05) is 26.8 Å². The fraction of sp³-hybridized carbons (Fsp3) is 0.333. The van der Waals surface area contributed by atoms with Crippen molar-refractivity contribution in [3.05, 3.63) is 95.5 Å². The summed E-state index contributed by atoms with van der Waals surface area (Å²) < 4.78 is 21.0. The van der Waals surface area contributed by atoms with E-state index in [9.17, 15) is 9.18 Å². The number of carbonyl (C=O) groups is 1. The predicted octanol–water partition coefficient (Wildman–Crippen LogP) is 4.84. The lowest BCUT2D eigenvalue weighted by Gasteiger charge is -2.17. The van der Waals surface area contributed by atoms with Crippen molar-refractivity contribution in [1.29, 1.82) is 0 Å². The molecular formula is C30H32FN5O3. The van der Waals surface area contributed by atoms with Gasteiger partial charge in [-0.15, -0.1) is 0 Å². The van der Waals surface area contributed by atoms with Crippen molar-refractivity contribution in [2.45, 2.75) is 32.8 Å². The summed E-state index contributed by atoms with van der Waals surface area (Å²) >= 11 is 0. The van der Waals surface area contributed by atoms with Gasteiger partial charge in [0.15, 0.2) is 0 Å². The van der Waals surface area contributed by atoms with E-state index in [1.165, 1.54) is 12.3 Å². The fourth-order valence-corrected chi connectivity index (χ4v) is 5.04. The van der Waals surface area contributed by atoms with Gasteiger partial charge in [-0.3, -0.25) is 14.6 Å². The molecule has 5 rings (SSSR count). The van der Waals surface area contributed by atoms with Crippen LogP contribution in [0.1, 0.15) is 35.0 Å². The summed E-state index contributed by atoms with van der Waals surface area (Å²) in [7, 11) is 1.63. The second-order valence-corrected chi connectivity index (χ2v) is 9.85. The zero-order valence-corrected chi connectivity index (χ0v) is 22.4. The number of hydrogen-bond donors (Lipinski definition) is 0. The molecule has 4 aromatic rings. The maximum Gasteiger partial charge on any atom is 0.213 e. The number of Topliss-reactive ketones (excluding diaryl/α,β-unsaturated/α-hetero) is 1. The third kappa shape index (κ3) is 6.11. The molecule has 2 atom stereocenters. The highest BCUT2D eigenvalue weighted by molar-refractivity contribution is 5.82. The molecule has 1 saturated heterocycles. The van der Waals surface area contributed by atoms with Crippen molar-refractivity contribution in [3.63, 3.8) is 0 Å². The van der Waals surface area contributed by atoms with Crippen LogP contribution >= 0.6 is 0 Å². The number of halogens is 1. The Morgan fingerprint density at radius 1 is 1.13 bits per heavy atom. The number of rotatable bonds is 10. The van der Waals surface area contributed by atoms with Crippen LogP contribution < -0.4 is 0 Å². The van der Waals surface area contributed by atoms with Gasteiger partial charge in [-0.25, -0.2) is 9.67 Å². The first-order valence-corrected chi connectivity index (χ1v) is 13.0. The van der Waals surface area contributed by atoms with Gasteiger partial charge >= 0.3 is 0 Å². The van der Waals surface area contributed by atoms with Gasteiger partial charge in [-0.1, -0.05) is 18.2 Å². The van der Waals surface area contributed by atoms with E-state index in [-0.39, 0.29) is 24.5 Å². The van der Waals surface area contributed by atoms with Crippen LogP contribution in [0.25, 0.3) is 16.9 Å². The Kier molecular flexibility index (Phi) is 8.21. The van der Waals surface area contributed by atoms with Crippen molar-refractivity contribution < 1.29 is 18.8 Å². The van der Waals surface area contributed by atoms with Gasteiger partial charge in [-0.2, -0.15) is 14.6 Å². The Labute approximate surface area is 227 Å². The van der Waals surface area contributed by atoms with Crippen LogP contribution in [0.15, 0.2) is 67.0 Å². The summed E-state index contributed by atoms with van der Waals surface area (Å²) in [6, 6.07) is 16.9. The zero-order valence-electron chi connectivity index (χ0n) is 22.4. The van der Waals surface area contributed by atoms with Crippen LogP contribution in [0, 0.1) is 25.7 Å². The van der Waals surface area contributed by atoms with Crippen LogP contribution in [0.4, 0.5) is 4.39 Å². The van der Waals surface area contributed by atoms with E-state index < -0.39 is 12.1 Å². The largest absolute Gasteiger partial charge is 0.383 e. The summed E-state index contributed by atoms with van der Waals surface area (Å²) in [6.45, 7) is 5.53. The standard InChI is InChI=1S/C30H32FN5O3/c1-20-9-10-23(18-33-20)29-21(2)27(36(34-29)25-7-5-4-6-8-25)17-26(37)15-24-19-35(13-14-38-3)39-30(24)22-11-12-32-28(31)16-22/h4-12,16,18,24,30H,13-15,17,19H2,1-3H3/t24-,30+/m1/s1. The molecule has 0 aliphatic carbocycles. The van der Waals surface area contributed by atoms with Gasteiger partial charge < -0.3 is 4.74 Å². The molecule has 0 unspecified atom stereocenters. The van der Waals surface area contributed by atoms with E-state index in [0.29, 0.717) is 25.3 Å². The maximum atomic E-state index is 13.9. The monoisotopic (exact) mass is 529 g/mol. The molecule has 8 nitrogen and oxygen atoms in total. The van der Waals surface area contributed by atoms with Crippen LogP contribution in [0.5, 0.6) is 0 Å². The minimum absolute atomic E-state index is 0.0606. The van der Waals surface area contributed by atoms with Gasteiger partial charge in [0.25, 0.3) is 0 Å². The number of aromatic nitrogens is 4. The molecule has 9 heteroatoms. The topological polar surface area (TPSA) is 82.4 Å². The first-order valence-electron chi connectivity index (χ1n) is 13.0. The number of pyridine rings is 2. The van der Waals surface area contributed by atoms with Crippen LogP contribution in [0.2, 0.25) is 0 Å². The zero-order chi connectivity index (χ0) is 27.4. The lowest BCUT2D eigenvalue weighted by atomic mass is 9.91. The Bertz CT molecular complexity index is 1420. The quantitative estimate of drug-likeness (QED) is 0.272. The summed E-state index contributed by atoms with van der Waals surface area (Å²) in [6.07, 6.45) is 3.28. The molecule has 3 aromatic heterocycles. The molecule has 0 saturated carbocycles. The highest BCUT2D eigenvalue weighted by Gasteiger charge is 2.37. The lowest BCUT2D eigenvalue weighted by molar-refractivity contribution is -0.155. The van der Waals surface area contributed by atoms with E-state index in [1.54, 1.807) is 18.2 Å². The molecular weight excluding hydrogens is 497 g/mol. The number of para-hydroxylation sites is 1. The molecule has 4 heterocycles. The molecule has 1 aliphatic heterocycles. The Morgan fingerprint density at radius 3 is 2.67 bits per heavy atom. The number of aryl methyl sites for hydroxylation is 1. The number of methoxy groups -OCH3 is 1. The number of ether oxygens (including phenoxy) is 1. The number of hydrogen-bond acceptors (Lipinski definition) is 7. The Morgan fingerprint density at radius 2 is 1.95 bits per heavy atom. The summed E-state index contributed by atoms with van der Waals surface area (Å²) in [5.41, 5.74) is 5.96. The van der Waals surface area contributed by atoms with Gasteiger partial charge in [0.05, 0.1) is 23.7 Å². The average Bonchev–Trinajstić information content (AvgIpc) is 3.49. The van der Waals surface area contributed by atoms with Crippen molar-refractivity contribution in [2.24, 2.45) is 5.92 Å². The molecule has 39 heavy (non-hydrogen) atoms. The van der Waals surface area contributed by atoms with Gasteiger partial charge in [0, 0.05) is 62.6 Å². The second kappa shape index (κ2) is 11.9. The summed E-state index contributed by atoms with van der Waals surface area (Å²) in [4.78, 5) is 27.9. The number of nitrogens with zero attached hydrogens (tertiary/aromatic N) is 5. The Hall–Kier alpha value is -3.79. The maximum absolute atomic E-state index is 13.9. The molecule has 0 amide bonds. The smallest absolute Gasteiger partial charge is 0.213 e. The predicted molar refractivity (Wildman–Crippen MR) is 145 cm³/mol. The Balaban J connectivity index is 1.42. The molecule has 202 valence electrons. The van der Waals surface area contributed by atoms with Crippen LogP contribution in [0.3, 0.4) is 0 Å². The molecule has 0 N–H and O–H groups in total. The first-order chi connectivity index (χ1) is 18.9. The molecule has 0 spiro atoms. The highest BCUT2D eigenvalue weighted by atomic mass is 19.1. The number of ketones is 1. The van der Waals surface area contributed by atoms with Gasteiger partial charge in [0.2, 0.25) is 5.95 Å². The number of benzene rings is 1. The van der Waals surface area contributed by atoms with E-state index in [0.717, 1.165) is 33.9 Å². The molecule has 1 fully saturated rings. The average molecular weight is 530 g/mol. The second-order valence-electron chi connectivity index (χ2n) is 9.85. The normalized spacial score (nSPS) is 17.5. The first kappa shape index (κ1) is 26.8. The van der Waals surface area contributed by atoms with E-state index >= 15 is 0 Å². The molecule has 1 aliphatic rings. The fourth-order valence-electron chi connectivity index (χ4n) is 5.04. The SMILES string of the molecule is COCCN1C[C@@H](CC(=O)Cc2c(C)c(-c3ccc(C)nc3)nn2-c2ccccc2)[C@H](c2ccnc(F)c2)O1. The van der Waals surface area contributed by atoms with Crippen molar-refractivity contribution in [1.82, 2.24) is 24.8 Å². The highest BCUT2D eigenvalue weighted by Crippen LogP contribution is 2.37. The third-order valence-electron chi connectivity index (χ3n) is 7.04. The lowest BCUT2D eigenvalue weighted by Crippen LogP contribution is -2.24. The summed E-state index contributed by atoms with van der Waals surface area (Å²) in [5, 5.41) is 6.71. The molecule has 1 aromatic carbocycles. The third-order valence-corrected chi connectivity index (χ3v) is 7.04. The number of carbonyl (C=O) groups excluding carboxylic acids is 1.